The van der Waals surface area contributed by atoms with Gasteiger partial charge < -0.3 is 9.84 Å². The van der Waals surface area contributed by atoms with Crippen molar-refractivity contribution in [2.24, 2.45) is 0 Å². The molecule has 0 radical (unpaired) electrons. The predicted octanol–water partition coefficient (Wildman–Crippen LogP) is 5.72. The van der Waals surface area contributed by atoms with Crippen LogP contribution in [0.4, 0.5) is 13.2 Å². The first kappa shape index (κ1) is 31.2. The first-order chi connectivity index (χ1) is 17.3. The predicted molar refractivity (Wildman–Crippen MR) is 147 cm³/mol. The lowest BCUT2D eigenvalue weighted by molar-refractivity contribution is -0.142. The van der Waals surface area contributed by atoms with Crippen LogP contribution in [0.1, 0.15) is 30.4 Å². The third kappa shape index (κ3) is 7.74. The fraction of sp³-hybridized carbons (Fsp3) is 0.273. The van der Waals surface area contributed by atoms with Crippen LogP contribution in [0.25, 0.3) is 5.69 Å². The van der Waals surface area contributed by atoms with Gasteiger partial charge in [-0.3, -0.25) is 4.79 Å². The van der Waals surface area contributed by atoms with Crippen LogP contribution in [-0.2, 0) is 16.0 Å². The van der Waals surface area contributed by atoms with Gasteiger partial charge in [-0.1, -0.05) is 11.6 Å². The maximum absolute atomic E-state index is 14.2. The molecule has 0 aliphatic carbocycles. The molecule has 0 spiro atoms. The van der Waals surface area contributed by atoms with Crippen molar-refractivity contribution in [1.29, 1.82) is 5.26 Å². The Morgan fingerprint density at radius 3 is 2.35 bits per heavy atom. The van der Waals surface area contributed by atoms with Crippen molar-refractivity contribution in [2.45, 2.75) is 32.2 Å². The molecule has 8 nitrogen and oxygen atoms in total. The molecule has 37 heavy (non-hydrogen) atoms. The van der Waals surface area contributed by atoms with Crippen LogP contribution in [0.2, 0.25) is 5.02 Å². The van der Waals surface area contributed by atoms with Crippen LogP contribution in [-0.4, -0.2) is 37.4 Å². The average Bonchev–Trinajstić information content (AvgIpc) is 3.12. The van der Waals surface area contributed by atoms with Crippen LogP contribution in [0.3, 0.4) is 0 Å². The molecular weight excluding hydrogens is 766 g/mol. The van der Waals surface area contributed by atoms with E-state index in [9.17, 15) is 27.9 Å². The molecule has 0 fully saturated rings. The van der Waals surface area contributed by atoms with Crippen LogP contribution in [0.15, 0.2) is 29.1 Å². The maximum atomic E-state index is 14.2. The number of alkyl halides is 3. The summed E-state index contributed by atoms with van der Waals surface area (Å²) in [6, 6.07) is 7.34. The Morgan fingerprint density at radius 2 is 1.86 bits per heavy atom. The molecule has 1 unspecified atom stereocenters. The topological polar surface area (TPSA) is 110 Å². The average molecular weight is 783 g/mol. The summed E-state index contributed by atoms with van der Waals surface area (Å²) in [5.41, 5.74) is -0.786. The van der Waals surface area contributed by atoms with Crippen LogP contribution in [0, 0.1) is 31.2 Å². The van der Waals surface area contributed by atoms with Gasteiger partial charge in [0.05, 0.1) is 25.4 Å². The van der Waals surface area contributed by atoms with Crippen molar-refractivity contribution >= 4 is 74.4 Å². The molecule has 0 amide bonds. The largest absolute Gasteiger partial charge is 0.506 e. The number of hydrogen-bond donors (Lipinski definition) is 1. The summed E-state index contributed by atoms with van der Waals surface area (Å²) in [5.74, 6) is -1.67. The summed E-state index contributed by atoms with van der Waals surface area (Å²) in [6.45, 7) is -0.195. The lowest BCUT2D eigenvalue weighted by Gasteiger charge is -2.12. The van der Waals surface area contributed by atoms with Gasteiger partial charge in [0.1, 0.15) is 22.6 Å². The van der Waals surface area contributed by atoms with Crippen molar-refractivity contribution in [2.75, 3.05) is 6.61 Å². The number of carbonyl (C=O) groups excluding carboxylic acids is 1. The number of benzene rings is 2. The SMILES string of the molecule is CCOC(=O)C(Cl)Cc1cc(-n2nc(C)n(C(F)F)c2=O)c(F)cc1Cl.N#Cc1cc(I)c(O)c(I)c1. The molecular formula is C22H17Cl2F3I2N4O4. The molecule has 1 aromatic heterocycles. The zero-order valence-electron chi connectivity index (χ0n) is 19.0. The van der Waals surface area contributed by atoms with E-state index < -0.39 is 29.4 Å². The number of nitrogens with zero attached hydrogens (tertiary/aromatic N) is 4. The van der Waals surface area contributed by atoms with Gasteiger partial charge >= 0.3 is 18.2 Å². The highest BCUT2D eigenvalue weighted by Crippen LogP contribution is 2.27. The molecule has 0 aliphatic heterocycles. The third-order valence-electron chi connectivity index (χ3n) is 4.61. The highest BCUT2D eigenvalue weighted by atomic mass is 127. The number of aromatic hydroxyl groups is 1. The van der Waals surface area contributed by atoms with Gasteiger partial charge in [0, 0.05) is 11.4 Å². The Kier molecular flexibility index (Phi) is 11.5. The van der Waals surface area contributed by atoms with Crippen LogP contribution >= 0.6 is 68.4 Å². The molecule has 1 heterocycles. The number of aryl methyl sites for hydroxylation is 1. The second kappa shape index (κ2) is 13.7. The molecule has 15 heteroatoms. The Balaban J connectivity index is 0.000000364. The summed E-state index contributed by atoms with van der Waals surface area (Å²) in [6.07, 6.45) is -0.115. The molecule has 3 rings (SSSR count). The van der Waals surface area contributed by atoms with Crippen molar-refractivity contribution < 1.29 is 27.8 Å². The van der Waals surface area contributed by atoms with Gasteiger partial charge in [-0.2, -0.15) is 18.7 Å². The van der Waals surface area contributed by atoms with E-state index in [4.69, 9.17) is 33.2 Å². The zero-order valence-corrected chi connectivity index (χ0v) is 24.8. The van der Waals surface area contributed by atoms with Gasteiger partial charge in [-0.25, -0.2) is 13.8 Å². The Morgan fingerprint density at radius 1 is 1.27 bits per heavy atom. The number of rotatable bonds is 6. The molecule has 2 aromatic carbocycles. The monoisotopic (exact) mass is 782 g/mol. The van der Waals surface area contributed by atoms with Gasteiger partial charge in [0.2, 0.25) is 0 Å². The molecule has 3 aromatic rings. The van der Waals surface area contributed by atoms with Crippen molar-refractivity contribution in [3.05, 3.63) is 69.7 Å². The molecule has 198 valence electrons. The Hall–Kier alpha value is -2.03. The summed E-state index contributed by atoms with van der Waals surface area (Å²) in [4.78, 5) is 23.7. The first-order valence-electron chi connectivity index (χ1n) is 10.2. The van der Waals surface area contributed by atoms with Crippen molar-refractivity contribution in [1.82, 2.24) is 14.3 Å². The molecule has 1 N–H and O–H groups in total. The normalized spacial score (nSPS) is 11.5. The fourth-order valence-electron chi connectivity index (χ4n) is 2.90. The number of hydrogen-bond acceptors (Lipinski definition) is 6. The maximum Gasteiger partial charge on any atom is 0.355 e. The van der Waals surface area contributed by atoms with E-state index in [1.165, 1.54) is 6.92 Å². The summed E-state index contributed by atoms with van der Waals surface area (Å²) >= 11 is 15.9. The van der Waals surface area contributed by atoms with Gasteiger partial charge in [0.15, 0.2) is 5.82 Å². The Labute approximate surface area is 246 Å². The van der Waals surface area contributed by atoms with Crippen LogP contribution < -0.4 is 5.69 Å². The number of esters is 1. The van der Waals surface area contributed by atoms with Crippen LogP contribution in [0.5, 0.6) is 5.75 Å². The Bertz CT molecular complexity index is 1390. The van der Waals surface area contributed by atoms with E-state index in [-0.39, 0.29) is 45.4 Å². The second-order valence-corrected chi connectivity index (χ2v) is 10.4. The zero-order chi connectivity index (χ0) is 28.0. The van der Waals surface area contributed by atoms with E-state index in [0.717, 1.165) is 12.1 Å². The molecule has 0 aliphatic rings. The molecule has 0 saturated heterocycles. The van der Waals surface area contributed by atoms with Gasteiger partial charge in [0.25, 0.3) is 0 Å². The van der Waals surface area contributed by atoms with Gasteiger partial charge in [-0.15, -0.1) is 16.7 Å². The number of carbonyl (C=O) groups is 1. The highest BCUT2D eigenvalue weighted by molar-refractivity contribution is 14.1. The summed E-state index contributed by atoms with van der Waals surface area (Å²) < 4.78 is 46.9. The number of aromatic nitrogens is 3. The fourth-order valence-corrected chi connectivity index (χ4v) is 5.12. The van der Waals surface area contributed by atoms with E-state index in [1.807, 2.05) is 51.3 Å². The first-order valence-corrected chi connectivity index (χ1v) is 13.1. The summed E-state index contributed by atoms with van der Waals surface area (Å²) in [5, 5.41) is 20.4. The van der Waals surface area contributed by atoms with Gasteiger partial charge in [-0.05, 0) is 88.9 Å². The lowest BCUT2D eigenvalue weighted by atomic mass is 10.1. The number of ether oxygens (including phenoxy) is 1. The van der Waals surface area contributed by atoms with Crippen molar-refractivity contribution in [3.8, 4) is 17.5 Å². The molecule has 0 bridgehead atoms. The number of phenolic OH excluding ortho intramolecular Hbond substituents is 1. The number of halogens is 7. The smallest absolute Gasteiger partial charge is 0.355 e. The molecule has 1 atom stereocenters. The minimum absolute atomic E-state index is 0.0424. The number of nitriles is 1. The van der Waals surface area contributed by atoms with Crippen molar-refractivity contribution in [3.63, 3.8) is 0 Å². The third-order valence-corrected chi connectivity index (χ3v) is 6.94. The minimum Gasteiger partial charge on any atom is -0.506 e. The summed E-state index contributed by atoms with van der Waals surface area (Å²) in [7, 11) is 0. The van der Waals surface area contributed by atoms with E-state index in [2.05, 4.69) is 5.10 Å². The highest BCUT2D eigenvalue weighted by Gasteiger charge is 2.23. The lowest BCUT2D eigenvalue weighted by Crippen LogP contribution is -2.25. The second-order valence-electron chi connectivity index (χ2n) is 7.11. The molecule has 0 saturated carbocycles. The standard InChI is InChI=1S/C15H14Cl2F3N3O3.C7H3I2NO/c1-3-26-13(24)10(17)4-8-5-12(11(18)6-9(8)16)23-15(25)22(14(19)20)7(2)21-23;8-5-1-4(3-10)2-6(9)7(5)11/h5-6,10,14H,3-4H2,1-2H3;1-2,11H. The van der Waals surface area contributed by atoms with E-state index in [0.29, 0.717) is 17.4 Å². The van der Waals surface area contributed by atoms with E-state index in [1.54, 1.807) is 19.1 Å². The minimum atomic E-state index is -3.12. The quantitative estimate of drug-likeness (QED) is 0.195. The van der Waals surface area contributed by atoms with E-state index >= 15 is 0 Å². The number of phenols is 1.